The van der Waals surface area contributed by atoms with Crippen molar-refractivity contribution in [3.63, 3.8) is 0 Å². The summed E-state index contributed by atoms with van der Waals surface area (Å²) in [6.07, 6.45) is 1.62. The zero-order valence-electron chi connectivity index (χ0n) is 16.2. The predicted molar refractivity (Wildman–Crippen MR) is 103 cm³/mol. The van der Waals surface area contributed by atoms with Gasteiger partial charge in [-0.25, -0.2) is 14.5 Å². The first-order chi connectivity index (χ1) is 13.4. The first-order valence-electron chi connectivity index (χ1n) is 9.63. The molecule has 3 aromatic heterocycles. The van der Waals surface area contributed by atoms with Gasteiger partial charge in [-0.1, -0.05) is 0 Å². The normalized spacial score (nSPS) is 21.0. The zero-order valence-corrected chi connectivity index (χ0v) is 16.2. The van der Waals surface area contributed by atoms with Gasteiger partial charge in [0, 0.05) is 42.0 Å². The lowest BCUT2D eigenvalue weighted by Crippen LogP contribution is -2.29. The van der Waals surface area contributed by atoms with Gasteiger partial charge in [0.05, 0.1) is 5.69 Å². The maximum atomic E-state index is 13.1. The van der Waals surface area contributed by atoms with E-state index in [4.69, 9.17) is 0 Å². The molecule has 1 aliphatic carbocycles. The fraction of sp³-hybridized carbons (Fsp3) is 0.450. The van der Waals surface area contributed by atoms with E-state index in [9.17, 15) is 9.59 Å². The van der Waals surface area contributed by atoms with Crippen molar-refractivity contribution in [3.05, 3.63) is 56.7 Å². The Labute approximate surface area is 161 Å². The molecule has 8 nitrogen and oxygen atoms in total. The van der Waals surface area contributed by atoms with Crippen molar-refractivity contribution in [2.45, 2.75) is 39.5 Å². The lowest BCUT2D eigenvalue weighted by molar-refractivity contribution is 0.0779. The van der Waals surface area contributed by atoms with Crippen LogP contribution in [0.2, 0.25) is 0 Å². The van der Waals surface area contributed by atoms with E-state index in [0.717, 1.165) is 35.5 Å². The standard InChI is InChI=1S/C20H22N6O2/c1-10-6-11(2)26-17(21-10)7-16(24-26)20(28)25-8-13-4-5-14-18(15(13)9-25)22-12(3)23-19(14)27/h6-7,13,15H,4-5,8-9H2,1-3H3,(H,22,23,27)/t13-,15+/m1/s1. The van der Waals surface area contributed by atoms with Gasteiger partial charge in [0.15, 0.2) is 11.3 Å². The van der Waals surface area contributed by atoms with Crippen LogP contribution in [0.1, 0.15) is 51.3 Å². The van der Waals surface area contributed by atoms with Crippen LogP contribution in [-0.4, -0.2) is 48.5 Å². The molecule has 1 aliphatic heterocycles. The first-order valence-corrected chi connectivity index (χ1v) is 9.63. The highest BCUT2D eigenvalue weighted by Crippen LogP contribution is 2.39. The number of fused-ring (bicyclic) bond motifs is 4. The van der Waals surface area contributed by atoms with Crippen LogP contribution < -0.4 is 5.56 Å². The molecule has 2 aliphatic rings. The van der Waals surface area contributed by atoms with E-state index >= 15 is 0 Å². The van der Waals surface area contributed by atoms with Gasteiger partial charge in [-0.3, -0.25) is 9.59 Å². The number of rotatable bonds is 1. The zero-order chi connectivity index (χ0) is 19.6. The highest BCUT2D eigenvalue weighted by atomic mass is 16.2. The molecule has 1 amide bonds. The number of carbonyl (C=O) groups is 1. The third-order valence-electron chi connectivity index (χ3n) is 5.96. The SMILES string of the molecule is Cc1cc(C)n2nc(C(=O)N3C[C@H]4CCc5c(nc(C)[nH]c5=O)[C@H]4C3)cc2n1. The minimum atomic E-state index is -0.0833. The first kappa shape index (κ1) is 17.1. The minimum Gasteiger partial charge on any atom is -0.336 e. The number of aromatic nitrogens is 5. The molecule has 3 aromatic rings. The van der Waals surface area contributed by atoms with Crippen LogP contribution in [0.25, 0.3) is 5.65 Å². The summed E-state index contributed by atoms with van der Waals surface area (Å²) in [5.74, 6) is 1.00. The third kappa shape index (κ3) is 2.55. The van der Waals surface area contributed by atoms with Crippen LogP contribution in [0.15, 0.2) is 16.9 Å². The number of hydrogen-bond donors (Lipinski definition) is 1. The Kier molecular flexibility index (Phi) is 3.65. The summed E-state index contributed by atoms with van der Waals surface area (Å²) >= 11 is 0. The van der Waals surface area contributed by atoms with Crippen LogP contribution >= 0.6 is 0 Å². The second-order valence-corrected chi connectivity index (χ2v) is 7.97. The Bertz CT molecular complexity index is 1180. The molecule has 28 heavy (non-hydrogen) atoms. The van der Waals surface area contributed by atoms with Crippen LogP contribution in [0.4, 0.5) is 0 Å². The summed E-state index contributed by atoms with van der Waals surface area (Å²) in [6.45, 7) is 6.94. The third-order valence-corrected chi connectivity index (χ3v) is 5.96. The number of aromatic amines is 1. The number of likely N-dealkylation sites (tertiary alicyclic amines) is 1. The summed E-state index contributed by atoms with van der Waals surface area (Å²) in [4.78, 5) is 39.1. The molecule has 0 saturated carbocycles. The topological polar surface area (TPSA) is 96.3 Å². The van der Waals surface area contributed by atoms with Crippen LogP contribution in [-0.2, 0) is 6.42 Å². The molecular weight excluding hydrogens is 356 g/mol. The maximum Gasteiger partial charge on any atom is 0.274 e. The second-order valence-electron chi connectivity index (χ2n) is 7.97. The summed E-state index contributed by atoms with van der Waals surface area (Å²) in [5, 5.41) is 4.48. The maximum absolute atomic E-state index is 13.1. The summed E-state index contributed by atoms with van der Waals surface area (Å²) in [7, 11) is 0. The fourth-order valence-electron chi connectivity index (χ4n) is 4.70. The van der Waals surface area contributed by atoms with E-state index in [1.807, 2.05) is 24.8 Å². The fourth-order valence-corrected chi connectivity index (χ4v) is 4.70. The van der Waals surface area contributed by atoms with E-state index in [-0.39, 0.29) is 17.4 Å². The largest absolute Gasteiger partial charge is 0.336 e. The Balaban J connectivity index is 1.47. The number of nitrogens with zero attached hydrogens (tertiary/aromatic N) is 5. The highest BCUT2D eigenvalue weighted by Gasteiger charge is 2.41. The van der Waals surface area contributed by atoms with E-state index in [2.05, 4.69) is 20.1 Å². The predicted octanol–water partition coefficient (Wildman–Crippen LogP) is 1.54. The monoisotopic (exact) mass is 378 g/mol. The number of H-pyrrole nitrogens is 1. The quantitative estimate of drug-likeness (QED) is 0.693. The molecule has 1 N–H and O–H groups in total. The van der Waals surface area contributed by atoms with Crippen molar-refractivity contribution in [2.75, 3.05) is 13.1 Å². The van der Waals surface area contributed by atoms with Crippen molar-refractivity contribution in [1.29, 1.82) is 0 Å². The molecule has 8 heteroatoms. The Morgan fingerprint density at radius 1 is 1.18 bits per heavy atom. The molecule has 0 spiro atoms. The van der Waals surface area contributed by atoms with Gasteiger partial charge in [0.2, 0.25) is 0 Å². The molecule has 5 rings (SSSR count). The van der Waals surface area contributed by atoms with Crippen molar-refractivity contribution in [2.24, 2.45) is 5.92 Å². The molecule has 4 heterocycles. The minimum absolute atomic E-state index is 0.0389. The van der Waals surface area contributed by atoms with Gasteiger partial charge in [0.1, 0.15) is 5.82 Å². The highest BCUT2D eigenvalue weighted by molar-refractivity contribution is 5.93. The van der Waals surface area contributed by atoms with E-state index in [1.165, 1.54) is 0 Å². The van der Waals surface area contributed by atoms with Crippen molar-refractivity contribution < 1.29 is 4.79 Å². The molecule has 0 aromatic carbocycles. The molecule has 0 radical (unpaired) electrons. The number of hydrogen-bond acceptors (Lipinski definition) is 5. The Morgan fingerprint density at radius 2 is 2.00 bits per heavy atom. The molecule has 0 bridgehead atoms. The summed E-state index contributed by atoms with van der Waals surface area (Å²) in [5.41, 5.74) is 4.56. The molecule has 144 valence electrons. The lowest BCUT2D eigenvalue weighted by atomic mass is 9.80. The Hall–Kier alpha value is -3.03. The van der Waals surface area contributed by atoms with E-state index in [0.29, 0.717) is 36.2 Å². The molecular formula is C20H22N6O2. The summed E-state index contributed by atoms with van der Waals surface area (Å²) < 4.78 is 1.71. The number of amides is 1. The van der Waals surface area contributed by atoms with Gasteiger partial charge in [-0.05, 0) is 45.6 Å². The number of nitrogens with one attached hydrogen (secondary N) is 1. The second kappa shape index (κ2) is 5.98. The van der Waals surface area contributed by atoms with Gasteiger partial charge in [0.25, 0.3) is 11.5 Å². The van der Waals surface area contributed by atoms with E-state index < -0.39 is 0 Å². The molecule has 1 saturated heterocycles. The van der Waals surface area contributed by atoms with Gasteiger partial charge >= 0.3 is 0 Å². The van der Waals surface area contributed by atoms with Crippen LogP contribution in [0, 0.1) is 26.7 Å². The number of aryl methyl sites for hydroxylation is 3. The van der Waals surface area contributed by atoms with Gasteiger partial charge in [-0.15, -0.1) is 0 Å². The van der Waals surface area contributed by atoms with Crippen LogP contribution in [0.3, 0.4) is 0 Å². The molecule has 1 fully saturated rings. The van der Waals surface area contributed by atoms with Gasteiger partial charge < -0.3 is 9.88 Å². The smallest absolute Gasteiger partial charge is 0.274 e. The van der Waals surface area contributed by atoms with Crippen molar-refractivity contribution >= 4 is 11.6 Å². The van der Waals surface area contributed by atoms with Crippen LogP contribution in [0.5, 0.6) is 0 Å². The van der Waals surface area contributed by atoms with Gasteiger partial charge in [-0.2, -0.15) is 5.10 Å². The average molecular weight is 378 g/mol. The Morgan fingerprint density at radius 3 is 2.82 bits per heavy atom. The van der Waals surface area contributed by atoms with E-state index in [1.54, 1.807) is 17.5 Å². The molecule has 2 atom stereocenters. The lowest BCUT2D eigenvalue weighted by Gasteiger charge is -2.25. The molecule has 0 unspecified atom stereocenters. The van der Waals surface area contributed by atoms with Crippen molar-refractivity contribution in [3.8, 4) is 0 Å². The number of carbonyl (C=O) groups excluding carboxylic acids is 1. The summed E-state index contributed by atoms with van der Waals surface area (Å²) in [6, 6.07) is 3.70. The van der Waals surface area contributed by atoms with Crippen molar-refractivity contribution in [1.82, 2.24) is 29.5 Å². The average Bonchev–Trinajstić information content (AvgIpc) is 3.25.